The molecule has 1 heteroatoms. The van der Waals surface area contributed by atoms with Crippen molar-refractivity contribution in [2.45, 2.75) is 52.4 Å². The van der Waals surface area contributed by atoms with Gasteiger partial charge in [-0.3, -0.25) is 4.79 Å². The van der Waals surface area contributed by atoms with Crippen LogP contribution in [0.2, 0.25) is 0 Å². The molecule has 0 amide bonds. The number of Topliss-reactive ketones (excluding diaryl/α,β-unsaturated/α-hetero) is 1. The van der Waals surface area contributed by atoms with E-state index in [4.69, 9.17) is 0 Å². The quantitative estimate of drug-likeness (QED) is 0.531. The molecule has 1 aliphatic rings. The van der Waals surface area contributed by atoms with Gasteiger partial charge in [0, 0.05) is 12.8 Å². The largest absolute Gasteiger partial charge is 0.300 e. The van der Waals surface area contributed by atoms with Crippen molar-refractivity contribution in [3.8, 4) is 0 Å². The van der Waals surface area contributed by atoms with Crippen LogP contribution < -0.4 is 0 Å². The van der Waals surface area contributed by atoms with Crippen molar-refractivity contribution < 1.29 is 4.79 Å². The molecule has 0 aromatic carbocycles. The highest BCUT2D eigenvalue weighted by Crippen LogP contribution is 2.35. The summed E-state index contributed by atoms with van der Waals surface area (Å²) in [7, 11) is 0. The Hall–Kier alpha value is -0.330. The van der Waals surface area contributed by atoms with E-state index >= 15 is 0 Å². The van der Waals surface area contributed by atoms with Crippen LogP contribution in [-0.2, 0) is 4.79 Å². The Bertz CT molecular complexity index is 151. The predicted molar refractivity (Wildman–Crippen MR) is 46.5 cm³/mol. The summed E-state index contributed by atoms with van der Waals surface area (Å²) in [6.45, 7) is 4.44. The lowest BCUT2D eigenvalue weighted by Gasteiger charge is -2.24. The maximum Gasteiger partial charge on any atom is 0.133 e. The molecule has 1 rings (SSSR count). The van der Waals surface area contributed by atoms with Crippen molar-refractivity contribution in [2.75, 3.05) is 0 Å². The Morgan fingerprint density at radius 1 is 1.45 bits per heavy atom. The van der Waals surface area contributed by atoms with E-state index in [1.165, 1.54) is 12.8 Å². The van der Waals surface area contributed by atoms with E-state index in [2.05, 4.69) is 13.8 Å². The molecule has 64 valence electrons. The summed E-state index contributed by atoms with van der Waals surface area (Å²) < 4.78 is 0. The molecule has 1 nitrogen and oxygen atoms in total. The first-order valence-electron chi connectivity index (χ1n) is 4.68. The molecule has 0 bridgehead atoms. The van der Waals surface area contributed by atoms with E-state index in [1.54, 1.807) is 0 Å². The molecule has 0 radical (unpaired) electrons. The lowest BCUT2D eigenvalue weighted by atomic mass is 9.80. The van der Waals surface area contributed by atoms with Gasteiger partial charge >= 0.3 is 0 Å². The highest BCUT2D eigenvalue weighted by atomic mass is 16.1. The molecular formula is C10H18O. The monoisotopic (exact) mass is 154 g/mol. The molecule has 0 N–H and O–H groups in total. The van der Waals surface area contributed by atoms with Gasteiger partial charge in [0.25, 0.3) is 0 Å². The van der Waals surface area contributed by atoms with Crippen LogP contribution in [0.5, 0.6) is 0 Å². The van der Waals surface area contributed by atoms with E-state index in [9.17, 15) is 4.79 Å². The van der Waals surface area contributed by atoms with Gasteiger partial charge in [0.15, 0.2) is 0 Å². The molecule has 0 unspecified atom stereocenters. The second kappa shape index (κ2) is 3.38. The maximum atomic E-state index is 11.3. The zero-order valence-electron chi connectivity index (χ0n) is 7.65. The minimum atomic E-state index is 0.327. The van der Waals surface area contributed by atoms with E-state index in [1.807, 2.05) is 0 Å². The Labute approximate surface area is 69.2 Å². The minimum absolute atomic E-state index is 0.327. The van der Waals surface area contributed by atoms with Gasteiger partial charge in [0.2, 0.25) is 0 Å². The lowest BCUT2D eigenvalue weighted by Crippen LogP contribution is -2.17. The second-order valence-electron chi connectivity index (χ2n) is 4.09. The van der Waals surface area contributed by atoms with Gasteiger partial charge in [0.1, 0.15) is 5.78 Å². The van der Waals surface area contributed by atoms with Gasteiger partial charge in [-0.2, -0.15) is 0 Å². The summed E-state index contributed by atoms with van der Waals surface area (Å²) in [6.07, 6.45) is 6.41. The SMILES string of the molecule is CC[C@]1(C)CCCCC(=O)C1. The molecule has 0 aromatic rings. The van der Waals surface area contributed by atoms with Crippen molar-refractivity contribution in [3.05, 3.63) is 0 Å². The molecule has 1 aliphatic carbocycles. The second-order valence-corrected chi connectivity index (χ2v) is 4.09. The number of hydrogen-bond acceptors (Lipinski definition) is 1. The van der Waals surface area contributed by atoms with E-state index < -0.39 is 0 Å². The number of carbonyl (C=O) groups excluding carboxylic acids is 1. The molecule has 0 aromatic heterocycles. The summed E-state index contributed by atoms with van der Waals surface area (Å²) in [4.78, 5) is 11.3. The van der Waals surface area contributed by atoms with Crippen LogP contribution >= 0.6 is 0 Å². The average Bonchev–Trinajstić information content (AvgIpc) is 2.13. The molecule has 1 saturated carbocycles. The molecule has 0 spiro atoms. The molecular weight excluding hydrogens is 136 g/mol. The Kier molecular flexibility index (Phi) is 2.69. The molecule has 0 aliphatic heterocycles. The Morgan fingerprint density at radius 3 is 2.82 bits per heavy atom. The fourth-order valence-corrected chi connectivity index (χ4v) is 1.83. The first-order valence-corrected chi connectivity index (χ1v) is 4.68. The number of rotatable bonds is 1. The third-order valence-corrected chi connectivity index (χ3v) is 2.96. The standard InChI is InChI=1S/C10H18O/c1-3-10(2)7-5-4-6-9(11)8-10/h3-8H2,1-2H3/t10-/m1/s1. The van der Waals surface area contributed by atoms with Crippen LogP contribution in [0.1, 0.15) is 52.4 Å². The highest BCUT2D eigenvalue weighted by molar-refractivity contribution is 5.79. The highest BCUT2D eigenvalue weighted by Gasteiger charge is 2.27. The summed E-state index contributed by atoms with van der Waals surface area (Å²) in [5.74, 6) is 0.479. The van der Waals surface area contributed by atoms with Crippen LogP contribution in [0.3, 0.4) is 0 Å². The topological polar surface area (TPSA) is 17.1 Å². The van der Waals surface area contributed by atoms with Gasteiger partial charge in [-0.1, -0.05) is 26.7 Å². The lowest BCUT2D eigenvalue weighted by molar-refractivity contribution is -0.120. The van der Waals surface area contributed by atoms with Crippen molar-refractivity contribution >= 4 is 5.78 Å². The van der Waals surface area contributed by atoms with Crippen molar-refractivity contribution in [1.82, 2.24) is 0 Å². The normalized spacial score (nSPS) is 33.5. The van der Waals surface area contributed by atoms with Crippen LogP contribution in [0.15, 0.2) is 0 Å². The molecule has 0 heterocycles. The van der Waals surface area contributed by atoms with Crippen molar-refractivity contribution in [1.29, 1.82) is 0 Å². The smallest absolute Gasteiger partial charge is 0.133 e. The Morgan fingerprint density at radius 2 is 2.18 bits per heavy atom. The molecule has 1 fully saturated rings. The number of carbonyl (C=O) groups is 1. The summed E-state index contributed by atoms with van der Waals surface area (Å²) in [5.41, 5.74) is 0.327. The third kappa shape index (κ3) is 2.32. The zero-order chi connectivity index (χ0) is 8.32. The molecule has 0 saturated heterocycles. The van der Waals surface area contributed by atoms with Crippen molar-refractivity contribution in [3.63, 3.8) is 0 Å². The predicted octanol–water partition coefficient (Wildman–Crippen LogP) is 2.94. The molecule has 11 heavy (non-hydrogen) atoms. The van der Waals surface area contributed by atoms with Gasteiger partial charge in [0.05, 0.1) is 0 Å². The fourth-order valence-electron chi connectivity index (χ4n) is 1.83. The van der Waals surface area contributed by atoms with Crippen LogP contribution in [0.25, 0.3) is 0 Å². The van der Waals surface area contributed by atoms with E-state index in [-0.39, 0.29) is 0 Å². The molecule has 1 atom stereocenters. The fraction of sp³-hybridized carbons (Fsp3) is 0.900. The zero-order valence-corrected chi connectivity index (χ0v) is 7.65. The summed E-state index contributed by atoms with van der Waals surface area (Å²) >= 11 is 0. The average molecular weight is 154 g/mol. The van der Waals surface area contributed by atoms with Gasteiger partial charge in [-0.25, -0.2) is 0 Å². The van der Waals surface area contributed by atoms with Crippen molar-refractivity contribution in [2.24, 2.45) is 5.41 Å². The van der Waals surface area contributed by atoms with Gasteiger partial charge in [-0.05, 0) is 18.3 Å². The third-order valence-electron chi connectivity index (χ3n) is 2.96. The maximum absolute atomic E-state index is 11.3. The number of hydrogen-bond donors (Lipinski definition) is 0. The summed E-state index contributed by atoms with van der Waals surface area (Å²) in [5, 5.41) is 0. The van der Waals surface area contributed by atoms with Crippen LogP contribution in [-0.4, -0.2) is 5.78 Å². The number of ketones is 1. The first kappa shape index (κ1) is 8.76. The Balaban J connectivity index is 2.58. The van der Waals surface area contributed by atoms with E-state index in [0.29, 0.717) is 11.2 Å². The van der Waals surface area contributed by atoms with Crippen LogP contribution in [0.4, 0.5) is 0 Å². The van der Waals surface area contributed by atoms with E-state index in [0.717, 1.165) is 25.7 Å². The first-order chi connectivity index (χ1) is 5.16. The van der Waals surface area contributed by atoms with Gasteiger partial charge in [-0.15, -0.1) is 0 Å². The van der Waals surface area contributed by atoms with Crippen LogP contribution in [0, 0.1) is 5.41 Å². The summed E-state index contributed by atoms with van der Waals surface area (Å²) in [6, 6.07) is 0. The minimum Gasteiger partial charge on any atom is -0.300 e. The van der Waals surface area contributed by atoms with Gasteiger partial charge < -0.3 is 0 Å².